The Bertz CT molecular complexity index is 358. The van der Waals surface area contributed by atoms with Crippen molar-refractivity contribution < 1.29 is 14.6 Å². The first-order chi connectivity index (χ1) is 12.8. The summed E-state index contributed by atoms with van der Waals surface area (Å²) < 4.78 is 10.6. The molecule has 1 N–H and O–H groups in total. The van der Waals surface area contributed by atoms with Crippen molar-refractivity contribution in [3.63, 3.8) is 0 Å². The Morgan fingerprint density at radius 3 is 2.23 bits per heavy atom. The minimum absolute atomic E-state index is 0.0647. The zero-order valence-electron chi connectivity index (χ0n) is 16.9. The SMILES string of the molecule is CCCCC1CCC(N=CC2CCC(CCOCOCCO)CC2)CC1. The van der Waals surface area contributed by atoms with Crippen LogP contribution in [0.15, 0.2) is 4.99 Å². The topological polar surface area (TPSA) is 51.0 Å². The lowest BCUT2D eigenvalue weighted by Gasteiger charge is -2.28. The number of aliphatic hydroxyl groups excluding tert-OH is 1. The van der Waals surface area contributed by atoms with Gasteiger partial charge < -0.3 is 14.6 Å². The lowest BCUT2D eigenvalue weighted by atomic mass is 9.81. The highest BCUT2D eigenvalue weighted by Crippen LogP contribution is 2.32. The maximum atomic E-state index is 8.63. The Morgan fingerprint density at radius 1 is 0.885 bits per heavy atom. The molecule has 2 aliphatic carbocycles. The summed E-state index contributed by atoms with van der Waals surface area (Å²) in [6.45, 7) is 3.81. The van der Waals surface area contributed by atoms with E-state index in [1.165, 1.54) is 70.6 Å². The molecule has 4 heteroatoms. The van der Waals surface area contributed by atoms with Gasteiger partial charge in [-0.2, -0.15) is 0 Å². The molecule has 0 unspecified atom stereocenters. The third-order valence-electron chi connectivity index (χ3n) is 6.25. The van der Waals surface area contributed by atoms with Gasteiger partial charge in [0.1, 0.15) is 6.79 Å². The average molecular weight is 368 g/mol. The fourth-order valence-electron chi connectivity index (χ4n) is 4.44. The van der Waals surface area contributed by atoms with Crippen molar-refractivity contribution in [1.82, 2.24) is 0 Å². The molecule has 0 radical (unpaired) electrons. The quantitative estimate of drug-likeness (QED) is 0.300. The zero-order chi connectivity index (χ0) is 18.5. The van der Waals surface area contributed by atoms with E-state index in [9.17, 15) is 0 Å². The number of hydrogen-bond acceptors (Lipinski definition) is 4. The summed E-state index contributed by atoms with van der Waals surface area (Å²) >= 11 is 0. The van der Waals surface area contributed by atoms with Gasteiger partial charge in [-0.05, 0) is 75.5 Å². The largest absolute Gasteiger partial charge is 0.394 e. The summed E-state index contributed by atoms with van der Waals surface area (Å²) in [6.07, 6.45) is 18.3. The molecule has 0 aromatic heterocycles. The van der Waals surface area contributed by atoms with Gasteiger partial charge in [0.25, 0.3) is 0 Å². The van der Waals surface area contributed by atoms with E-state index in [1.54, 1.807) is 0 Å². The first kappa shape index (κ1) is 21.8. The molecule has 0 saturated heterocycles. The van der Waals surface area contributed by atoms with Gasteiger partial charge in [0.15, 0.2) is 0 Å². The fraction of sp³-hybridized carbons (Fsp3) is 0.955. The molecule has 0 aromatic rings. The van der Waals surface area contributed by atoms with Crippen LogP contribution in [0.1, 0.15) is 84.0 Å². The molecule has 4 nitrogen and oxygen atoms in total. The number of rotatable bonds is 12. The minimum atomic E-state index is 0.0647. The van der Waals surface area contributed by atoms with E-state index < -0.39 is 0 Å². The van der Waals surface area contributed by atoms with Crippen molar-refractivity contribution in [2.24, 2.45) is 22.7 Å². The van der Waals surface area contributed by atoms with Crippen molar-refractivity contribution in [3.05, 3.63) is 0 Å². The molecule has 2 saturated carbocycles. The first-order valence-electron chi connectivity index (χ1n) is 11.1. The normalized spacial score (nSPS) is 30.1. The van der Waals surface area contributed by atoms with Crippen LogP contribution in [0.2, 0.25) is 0 Å². The fourth-order valence-corrected chi connectivity index (χ4v) is 4.44. The second-order valence-corrected chi connectivity index (χ2v) is 8.34. The van der Waals surface area contributed by atoms with Crippen LogP contribution in [0.25, 0.3) is 0 Å². The Hall–Kier alpha value is -0.450. The highest BCUT2D eigenvalue weighted by atomic mass is 16.7. The van der Waals surface area contributed by atoms with Crippen molar-refractivity contribution >= 4 is 6.21 Å². The molecule has 26 heavy (non-hydrogen) atoms. The number of aliphatic hydroxyl groups is 1. The van der Waals surface area contributed by atoms with Gasteiger partial charge in [-0.1, -0.05) is 26.2 Å². The van der Waals surface area contributed by atoms with Gasteiger partial charge in [-0.3, -0.25) is 4.99 Å². The van der Waals surface area contributed by atoms with Crippen LogP contribution in [0.3, 0.4) is 0 Å². The number of unbranched alkanes of at least 4 members (excludes halogenated alkanes) is 1. The lowest BCUT2D eigenvalue weighted by molar-refractivity contribution is -0.0658. The van der Waals surface area contributed by atoms with Crippen LogP contribution in [0.4, 0.5) is 0 Å². The van der Waals surface area contributed by atoms with Gasteiger partial charge in [-0.25, -0.2) is 0 Å². The highest BCUT2D eigenvalue weighted by Gasteiger charge is 2.22. The van der Waals surface area contributed by atoms with Crippen LogP contribution in [0, 0.1) is 17.8 Å². The first-order valence-corrected chi connectivity index (χ1v) is 11.1. The molecule has 2 aliphatic rings. The van der Waals surface area contributed by atoms with Crippen LogP contribution < -0.4 is 0 Å². The summed E-state index contributed by atoms with van der Waals surface area (Å²) in [5.74, 6) is 2.48. The Morgan fingerprint density at radius 2 is 1.54 bits per heavy atom. The zero-order valence-corrected chi connectivity index (χ0v) is 16.9. The summed E-state index contributed by atoms with van der Waals surface area (Å²) in [5.41, 5.74) is 0. The molecule has 0 spiro atoms. The van der Waals surface area contributed by atoms with Gasteiger partial charge in [0.2, 0.25) is 0 Å². The smallest absolute Gasteiger partial charge is 0.146 e. The lowest BCUT2D eigenvalue weighted by Crippen LogP contribution is -2.20. The predicted molar refractivity (Wildman–Crippen MR) is 108 cm³/mol. The molecule has 152 valence electrons. The number of ether oxygens (including phenoxy) is 2. The van der Waals surface area contributed by atoms with Gasteiger partial charge in [0, 0.05) is 18.9 Å². The third kappa shape index (κ3) is 8.96. The number of hydrogen-bond donors (Lipinski definition) is 1. The molecule has 0 heterocycles. The van der Waals surface area contributed by atoms with Crippen molar-refractivity contribution in [3.8, 4) is 0 Å². The van der Waals surface area contributed by atoms with E-state index in [-0.39, 0.29) is 6.61 Å². The van der Waals surface area contributed by atoms with E-state index in [1.807, 2.05) is 0 Å². The Balaban J connectivity index is 1.51. The molecule has 2 rings (SSSR count). The molecular weight excluding hydrogens is 326 g/mol. The summed E-state index contributed by atoms with van der Waals surface area (Å²) in [6, 6.07) is 0.609. The molecule has 0 atom stereocenters. The summed E-state index contributed by atoms with van der Waals surface area (Å²) in [7, 11) is 0. The average Bonchev–Trinajstić information content (AvgIpc) is 2.69. The third-order valence-corrected chi connectivity index (χ3v) is 6.25. The molecule has 0 aromatic carbocycles. The molecule has 0 bridgehead atoms. The molecular formula is C22H41NO3. The summed E-state index contributed by atoms with van der Waals surface area (Å²) in [4.78, 5) is 4.96. The summed E-state index contributed by atoms with van der Waals surface area (Å²) in [5, 5.41) is 8.63. The number of nitrogens with zero attached hydrogens (tertiary/aromatic N) is 1. The van der Waals surface area contributed by atoms with Crippen LogP contribution in [-0.4, -0.2) is 44.0 Å². The Kier molecular flexibility index (Phi) is 11.5. The van der Waals surface area contributed by atoms with E-state index in [0.717, 1.165) is 24.9 Å². The Labute approximate surface area is 160 Å². The highest BCUT2D eigenvalue weighted by molar-refractivity contribution is 5.61. The van der Waals surface area contributed by atoms with Crippen molar-refractivity contribution in [1.29, 1.82) is 0 Å². The monoisotopic (exact) mass is 367 g/mol. The van der Waals surface area contributed by atoms with E-state index in [0.29, 0.717) is 25.4 Å². The van der Waals surface area contributed by atoms with Gasteiger partial charge in [-0.15, -0.1) is 0 Å². The van der Waals surface area contributed by atoms with Crippen LogP contribution in [-0.2, 0) is 9.47 Å². The van der Waals surface area contributed by atoms with E-state index in [2.05, 4.69) is 13.1 Å². The predicted octanol–water partition coefficient (Wildman–Crippen LogP) is 4.99. The van der Waals surface area contributed by atoms with Gasteiger partial charge in [0.05, 0.1) is 13.2 Å². The molecule has 0 aliphatic heterocycles. The molecule has 0 amide bonds. The maximum Gasteiger partial charge on any atom is 0.146 e. The van der Waals surface area contributed by atoms with Crippen LogP contribution in [0.5, 0.6) is 0 Å². The van der Waals surface area contributed by atoms with Crippen LogP contribution >= 0.6 is 0 Å². The van der Waals surface area contributed by atoms with Gasteiger partial charge >= 0.3 is 0 Å². The van der Waals surface area contributed by atoms with E-state index in [4.69, 9.17) is 19.6 Å². The minimum Gasteiger partial charge on any atom is -0.394 e. The second-order valence-electron chi connectivity index (χ2n) is 8.34. The van der Waals surface area contributed by atoms with Crippen molar-refractivity contribution in [2.75, 3.05) is 26.6 Å². The second kappa shape index (κ2) is 13.7. The van der Waals surface area contributed by atoms with E-state index >= 15 is 0 Å². The van der Waals surface area contributed by atoms with Crippen molar-refractivity contribution in [2.45, 2.75) is 90.0 Å². The molecule has 2 fully saturated rings. The maximum absolute atomic E-state index is 8.63. The number of aliphatic imine (C=N–C) groups is 1. The standard InChI is InChI=1S/C22H41NO3/c1-2-3-4-19-9-11-22(12-10-19)23-17-21-7-5-20(6-8-21)13-15-25-18-26-16-14-24/h17,19-22,24H,2-16,18H2,1H3.